The molecule has 9 nitrogen and oxygen atoms in total. The van der Waals surface area contributed by atoms with Crippen molar-refractivity contribution in [2.75, 3.05) is 38.7 Å². The molecule has 29 heavy (non-hydrogen) atoms. The molecule has 2 aliphatic rings. The number of rotatable bonds is 4. The topological polar surface area (TPSA) is 103 Å². The van der Waals surface area contributed by atoms with Crippen molar-refractivity contribution in [1.82, 2.24) is 14.9 Å². The predicted molar refractivity (Wildman–Crippen MR) is 103 cm³/mol. The van der Waals surface area contributed by atoms with E-state index in [0.29, 0.717) is 50.4 Å². The van der Waals surface area contributed by atoms with Gasteiger partial charge in [0.2, 0.25) is 5.95 Å². The number of piperidine rings is 1. The minimum Gasteiger partial charge on any atom is -0.465 e. The molecule has 0 unspecified atom stereocenters. The molecule has 1 amide bonds. The van der Waals surface area contributed by atoms with Crippen molar-refractivity contribution < 1.29 is 23.8 Å². The molecule has 4 rings (SSSR count). The normalized spacial score (nSPS) is 17.9. The Hall–Kier alpha value is -3.04. The molecule has 0 atom stereocenters. The molecule has 0 aliphatic carbocycles. The molecule has 1 aromatic heterocycles. The van der Waals surface area contributed by atoms with Crippen LogP contribution in [0, 0.1) is 0 Å². The fraction of sp³-hybridized carbons (Fsp3) is 0.400. The third-order valence-electron chi connectivity index (χ3n) is 5.08. The van der Waals surface area contributed by atoms with Crippen molar-refractivity contribution in [3.05, 3.63) is 47.8 Å². The van der Waals surface area contributed by atoms with Crippen LogP contribution in [0.4, 0.5) is 11.6 Å². The van der Waals surface area contributed by atoms with Gasteiger partial charge in [-0.05, 0) is 18.2 Å². The molecule has 3 heterocycles. The molecule has 1 aromatic carbocycles. The van der Waals surface area contributed by atoms with Gasteiger partial charge in [0, 0.05) is 32.1 Å². The Bertz CT molecular complexity index is 903. The summed E-state index contributed by atoms with van der Waals surface area (Å²) in [6.45, 7) is 2.28. The van der Waals surface area contributed by atoms with Crippen LogP contribution in [0.2, 0.25) is 0 Å². The second-order valence-electron chi connectivity index (χ2n) is 6.83. The Morgan fingerprint density at radius 3 is 2.59 bits per heavy atom. The standard InChI is InChI=1S/C20H22N4O5/c1-27-18(26)14-4-2-3-5-15(14)22-19-21-9-6-16(23-19)17(25)24-10-7-20(8-11-24)28-12-13-29-20/h2-6,9H,7-8,10-13H2,1H3,(H,21,22,23). The number of aromatic nitrogens is 2. The third-order valence-corrected chi connectivity index (χ3v) is 5.08. The lowest BCUT2D eigenvalue weighted by atomic mass is 10.0. The summed E-state index contributed by atoms with van der Waals surface area (Å²) >= 11 is 0. The number of carbonyl (C=O) groups excluding carboxylic acids is 2. The van der Waals surface area contributed by atoms with Crippen LogP contribution in [0.1, 0.15) is 33.7 Å². The maximum atomic E-state index is 12.9. The Morgan fingerprint density at radius 1 is 1.14 bits per heavy atom. The molecule has 2 aliphatic heterocycles. The van der Waals surface area contributed by atoms with E-state index in [-0.39, 0.29) is 17.5 Å². The van der Waals surface area contributed by atoms with E-state index >= 15 is 0 Å². The zero-order chi connectivity index (χ0) is 20.3. The van der Waals surface area contributed by atoms with Crippen LogP contribution < -0.4 is 5.32 Å². The van der Waals surface area contributed by atoms with E-state index < -0.39 is 11.8 Å². The number of para-hydroxylation sites is 1. The van der Waals surface area contributed by atoms with Crippen molar-refractivity contribution in [2.45, 2.75) is 18.6 Å². The van der Waals surface area contributed by atoms with E-state index in [1.165, 1.54) is 13.3 Å². The maximum absolute atomic E-state index is 12.9. The Morgan fingerprint density at radius 2 is 1.86 bits per heavy atom. The number of anilines is 2. The van der Waals surface area contributed by atoms with Crippen molar-refractivity contribution in [3.8, 4) is 0 Å². The number of carbonyl (C=O) groups is 2. The van der Waals surface area contributed by atoms with E-state index in [1.54, 1.807) is 35.2 Å². The first kappa shape index (κ1) is 19.3. The van der Waals surface area contributed by atoms with Crippen LogP contribution in [0.25, 0.3) is 0 Å². The highest BCUT2D eigenvalue weighted by Gasteiger charge is 2.41. The molecule has 2 saturated heterocycles. The minimum atomic E-state index is -0.535. The minimum absolute atomic E-state index is 0.176. The summed E-state index contributed by atoms with van der Waals surface area (Å²) < 4.78 is 16.2. The molecule has 2 fully saturated rings. The van der Waals surface area contributed by atoms with E-state index in [0.717, 1.165) is 0 Å². The van der Waals surface area contributed by atoms with Crippen LogP contribution in [-0.2, 0) is 14.2 Å². The molecule has 0 saturated carbocycles. The van der Waals surface area contributed by atoms with Crippen molar-refractivity contribution >= 4 is 23.5 Å². The number of esters is 1. The molecular weight excluding hydrogens is 376 g/mol. The van der Waals surface area contributed by atoms with E-state index in [9.17, 15) is 9.59 Å². The number of nitrogens with one attached hydrogen (secondary N) is 1. The van der Waals surface area contributed by atoms with Crippen LogP contribution in [-0.4, -0.2) is 65.9 Å². The Kier molecular flexibility index (Phi) is 5.41. The van der Waals surface area contributed by atoms with Gasteiger partial charge in [0.25, 0.3) is 5.91 Å². The van der Waals surface area contributed by atoms with Gasteiger partial charge in [-0.1, -0.05) is 12.1 Å². The average molecular weight is 398 g/mol. The number of methoxy groups -OCH3 is 1. The molecule has 0 bridgehead atoms. The van der Waals surface area contributed by atoms with Gasteiger partial charge >= 0.3 is 5.97 Å². The zero-order valence-electron chi connectivity index (χ0n) is 16.1. The Labute approximate surface area is 168 Å². The number of nitrogens with zero attached hydrogens (tertiary/aromatic N) is 3. The number of hydrogen-bond donors (Lipinski definition) is 1. The van der Waals surface area contributed by atoms with Crippen LogP contribution in [0.5, 0.6) is 0 Å². The number of ether oxygens (including phenoxy) is 3. The molecule has 152 valence electrons. The van der Waals surface area contributed by atoms with Gasteiger partial charge in [0.1, 0.15) is 5.69 Å². The van der Waals surface area contributed by atoms with Gasteiger partial charge in [0.05, 0.1) is 31.6 Å². The van der Waals surface area contributed by atoms with Gasteiger partial charge in [-0.2, -0.15) is 0 Å². The number of hydrogen-bond acceptors (Lipinski definition) is 8. The third kappa shape index (κ3) is 4.06. The van der Waals surface area contributed by atoms with Crippen molar-refractivity contribution in [2.24, 2.45) is 0 Å². The summed E-state index contributed by atoms with van der Waals surface area (Å²) in [5, 5.41) is 2.99. The van der Waals surface area contributed by atoms with Gasteiger partial charge < -0.3 is 24.4 Å². The van der Waals surface area contributed by atoms with Crippen LogP contribution in [0.3, 0.4) is 0 Å². The second-order valence-corrected chi connectivity index (χ2v) is 6.83. The first-order chi connectivity index (χ1) is 14.1. The highest BCUT2D eigenvalue weighted by atomic mass is 16.7. The first-order valence-corrected chi connectivity index (χ1v) is 9.45. The quantitative estimate of drug-likeness (QED) is 0.780. The average Bonchev–Trinajstić information content (AvgIpc) is 3.22. The van der Waals surface area contributed by atoms with Crippen LogP contribution in [0.15, 0.2) is 36.5 Å². The predicted octanol–water partition coefficient (Wildman–Crippen LogP) is 1.99. The van der Waals surface area contributed by atoms with Crippen molar-refractivity contribution in [3.63, 3.8) is 0 Å². The molecule has 1 N–H and O–H groups in total. The first-order valence-electron chi connectivity index (χ1n) is 9.45. The number of amides is 1. The summed E-state index contributed by atoms with van der Waals surface area (Å²) in [4.78, 5) is 35.0. The summed E-state index contributed by atoms with van der Waals surface area (Å²) in [6, 6.07) is 8.45. The molecule has 9 heteroatoms. The lowest BCUT2D eigenvalue weighted by Gasteiger charge is -2.37. The van der Waals surface area contributed by atoms with E-state index in [4.69, 9.17) is 14.2 Å². The smallest absolute Gasteiger partial charge is 0.339 e. The fourth-order valence-electron chi connectivity index (χ4n) is 3.54. The molecular formula is C20H22N4O5. The molecule has 1 spiro atoms. The zero-order valence-corrected chi connectivity index (χ0v) is 16.1. The van der Waals surface area contributed by atoms with Gasteiger partial charge in [-0.15, -0.1) is 0 Å². The SMILES string of the molecule is COC(=O)c1ccccc1Nc1nccc(C(=O)N2CCC3(CC2)OCCO3)n1. The second kappa shape index (κ2) is 8.14. The summed E-state index contributed by atoms with van der Waals surface area (Å²) in [6.07, 6.45) is 2.79. The lowest BCUT2D eigenvalue weighted by molar-refractivity contribution is -0.181. The van der Waals surface area contributed by atoms with Crippen LogP contribution >= 0.6 is 0 Å². The summed E-state index contributed by atoms with van der Waals surface area (Å²) in [7, 11) is 1.32. The van der Waals surface area contributed by atoms with Gasteiger partial charge in [0.15, 0.2) is 5.79 Å². The number of benzene rings is 1. The van der Waals surface area contributed by atoms with Gasteiger partial charge in [-0.25, -0.2) is 14.8 Å². The maximum Gasteiger partial charge on any atom is 0.339 e. The Balaban J connectivity index is 1.47. The monoisotopic (exact) mass is 398 g/mol. The molecule has 2 aromatic rings. The highest BCUT2D eigenvalue weighted by Crippen LogP contribution is 2.31. The van der Waals surface area contributed by atoms with E-state index in [1.807, 2.05) is 0 Å². The lowest BCUT2D eigenvalue weighted by Crippen LogP contribution is -2.47. The highest BCUT2D eigenvalue weighted by molar-refractivity contribution is 5.96. The number of likely N-dealkylation sites (tertiary alicyclic amines) is 1. The van der Waals surface area contributed by atoms with Gasteiger partial charge in [-0.3, -0.25) is 4.79 Å². The van der Waals surface area contributed by atoms with E-state index in [2.05, 4.69) is 15.3 Å². The summed E-state index contributed by atoms with van der Waals surface area (Å²) in [5.41, 5.74) is 1.13. The summed E-state index contributed by atoms with van der Waals surface area (Å²) in [5.74, 6) is -0.959. The molecule has 0 radical (unpaired) electrons. The fourth-order valence-corrected chi connectivity index (χ4v) is 3.54. The van der Waals surface area contributed by atoms with Crippen molar-refractivity contribution in [1.29, 1.82) is 0 Å². The largest absolute Gasteiger partial charge is 0.465 e.